The second kappa shape index (κ2) is 9.08. The van der Waals surface area contributed by atoms with Crippen molar-refractivity contribution in [2.75, 3.05) is 16.8 Å². The molecular formula is C27H21BrN2O3. The smallest absolute Gasteiger partial charge is 0.229 e. The fraction of sp³-hybridized carbons (Fsp3) is 0.111. The van der Waals surface area contributed by atoms with Gasteiger partial charge in [-0.2, -0.15) is 0 Å². The van der Waals surface area contributed by atoms with Crippen LogP contribution in [0.5, 0.6) is 11.5 Å². The van der Waals surface area contributed by atoms with Crippen LogP contribution >= 0.6 is 15.9 Å². The minimum Gasteiger partial charge on any atom is -0.457 e. The third-order valence-corrected chi connectivity index (χ3v) is 6.24. The largest absolute Gasteiger partial charge is 0.457 e. The molecule has 0 spiro atoms. The van der Waals surface area contributed by atoms with Crippen molar-refractivity contribution in [2.45, 2.75) is 6.42 Å². The maximum Gasteiger partial charge on any atom is 0.229 e. The molecule has 5 nitrogen and oxygen atoms in total. The van der Waals surface area contributed by atoms with Crippen molar-refractivity contribution in [1.29, 1.82) is 0 Å². The molecule has 1 heterocycles. The van der Waals surface area contributed by atoms with Crippen molar-refractivity contribution in [3.05, 3.63) is 95.5 Å². The van der Waals surface area contributed by atoms with E-state index in [0.717, 1.165) is 26.7 Å². The summed E-state index contributed by atoms with van der Waals surface area (Å²) in [5.41, 5.74) is 1.47. The van der Waals surface area contributed by atoms with Gasteiger partial charge in [0.25, 0.3) is 0 Å². The summed E-state index contributed by atoms with van der Waals surface area (Å²) in [6.07, 6.45) is 0.199. The van der Waals surface area contributed by atoms with Crippen molar-refractivity contribution in [1.82, 2.24) is 0 Å². The number of anilines is 2. The van der Waals surface area contributed by atoms with Crippen LogP contribution < -0.4 is 15.0 Å². The number of ether oxygens (including phenoxy) is 1. The molecule has 5 rings (SSSR count). The summed E-state index contributed by atoms with van der Waals surface area (Å²) in [5.74, 6) is 0.834. The van der Waals surface area contributed by atoms with Crippen LogP contribution in [0.25, 0.3) is 10.8 Å². The molecule has 1 fully saturated rings. The Balaban J connectivity index is 1.21. The average Bonchev–Trinajstić information content (AvgIpc) is 3.22. The number of nitrogens with zero attached hydrogens (tertiary/aromatic N) is 1. The number of hydrogen-bond acceptors (Lipinski definition) is 3. The van der Waals surface area contributed by atoms with E-state index in [1.165, 1.54) is 0 Å². The number of rotatable bonds is 5. The van der Waals surface area contributed by atoms with Crippen molar-refractivity contribution < 1.29 is 14.3 Å². The maximum absolute atomic E-state index is 12.8. The molecule has 4 aromatic rings. The molecule has 1 aliphatic rings. The molecule has 1 N–H and O–H groups in total. The summed E-state index contributed by atoms with van der Waals surface area (Å²) in [6, 6.07) is 28.8. The first-order chi connectivity index (χ1) is 16.0. The SMILES string of the molecule is O=C(Nc1ccc(Oc2ccc3ccccc3c2)cc1)[C@H]1CC(=O)N(c2ccc(Br)cc2)C1. The first kappa shape index (κ1) is 21.2. The Morgan fingerprint density at radius 1 is 0.879 bits per heavy atom. The zero-order valence-electron chi connectivity index (χ0n) is 17.7. The molecule has 33 heavy (non-hydrogen) atoms. The predicted octanol–water partition coefficient (Wildman–Crippen LogP) is 6.39. The summed E-state index contributed by atoms with van der Waals surface area (Å²) < 4.78 is 6.91. The molecule has 0 aromatic heterocycles. The van der Waals surface area contributed by atoms with Gasteiger partial charge in [0.2, 0.25) is 11.8 Å². The van der Waals surface area contributed by atoms with Crippen molar-refractivity contribution in [2.24, 2.45) is 5.92 Å². The summed E-state index contributed by atoms with van der Waals surface area (Å²) >= 11 is 3.40. The Kier molecular flexibility index (Phi) is 5.84. The van der Waals surface area contributed by atoms with Gasteiger partial charge in [-0.3, -0.25) is 9.59 Å². The monoisotopic (exact) mass is 500 g/mol. The maximum atomic E-state index is 12.8. The number of carbonyl (C=O) groups excluding carboxylic acids is 2. The molecule has 2 amide bonds. The van der Waals surface area contributed by atoms with Crippen LogP contribution in [0, 0.1) is 5.92 Å². The third-order valence-electron chi connectivity index (χ3n) is 5.71. The Morgan fingerprint density at radius 3 is 2.33 bits per heavy atom. The molecule has 1 atom stereocenters. The Morgan fingerprint density at radius 2 is 1.58 bits per heavy atom. The van der Waals surface area contributed by atoms with Gasteiger partial charge >= 0.3 is 0 Å². The molecule has 0 unspecified atom stereocenters. The van der Waals surface area contributed by atoms with Gasteiger partial charge in [0.1, 0.15) is 11.5 Å². The van der Waals surface area contributed by atoms with Crippen LogP contribution in [0.15, 0.2) is 95.5 Å². The van der Waals surface area contributed by atoms with E-state index in [1.54, 1.807) is 17.0 Å². The normalized spacial score (nSPS) is 15.6. The summed E-state index contributed by atoms with van der Waals surface area (Å²) in [7, 11) is 0. The molecule has 6 heteroatoms. The van der Waals surface area contributed by atoms with E-state index < -0.39 is 5.92 Å². The van der Waals surface area contributed by atoms with Gasteiger partial charge in [-0.1, -0.05) is 46.3 Å². The van der Waals surface area contributed by atoms with Crippen LogP contribution in [0.3, 0.4) is 0 Å². The van der Waals surface area contributed by atoms with E-state index >= 15 is 0 Å². The minimum absolute atomic E-state index is 0.0448. The van der Waals surface area contributed by atoms with Crippen LogP contribution in [0.2, 0.25) is 0 Å². The zero-order chi connectivity index (χ0) is 22.8. The van der Waals surface area contributed by atoms with Crippen LogP contribution in [-0.4, -0.2) is 18.4 Å². The van der Waals surface area contributed by atoms with Gasteiger partial charge in [-0.15, -0.1) is 0 Å². The van der Waals surface area contributed by atoms with Crippen LogP contribution in [0.1, 0.15) is 6.42 Å². The van der Waals surface area contributed by atoms with E-state index in [4.69, 9.17) is 4.74 Å². The fourth-order valence-corrected chi connectivity index (χ4v) is 4.24. The molecule has 0 radical (unpaired) electrons. The van der Waals surface area contributed by atoms with Gasteiger partial charge in [0, 0.05) is 28.8 Å². The lowest BCUT2D eigenvalue weighted by atomic mass is 10.1. The standard InChI is InChI=1S/C27H21BrN2O3/c28-21-6-10-23(11-7-21)30-17-20(16-26(30)31)27(32)29-22-8-13-24(14-9-22)33-25-12-5-18-3-1-2-4-19(18)15-25/h1-15,20H,16-17H2,(H,29,32)/t20-/m0/s1. The highest BCUT2D eigenvalue weighted by atomic mass is 79.9. The number of halogens is 1. The lowest BCUT2D eigenvalue weighted by Gasteiger charge is -2.17. The van der Waals surface area contributed by atoms with Gasteiger partial charge in [-0.25, -0.2) is 0 Å². The topological polar surface area (TPSA) is 58.6 Å². The van der Waals surface area contributed by atoms with Crippen molar-refractivity contribution in [3.8, 4) is 11.5 Å². The number of nitrogens with one attached hydrogen (secondary N) is 1. The van der Waals surface area contributed by atoms with E-state index in [2.05, 4.69) is 27.3 Å². The zero-order valence-corrected chi connectivity index (χ0v) is 19.3. The number of fused-ring (bicyclic) bond motifs is 1. The summed E-state index contributed by atoms with van der Waals surface area (Å²) in [4.78, 5) is 26.9. The average molecular weight is 501 g/mol. The van der Waals surface area contributed by atoms with Crippen LogP contribution in [-0.2, 0) is 9.59 Å². The van der Waals surface area contributed by atoms with E-state index in [1.807, 2.05) is 72.8 Å². The van der Waals surface area contributed by atoms with E-state index in [9.17, 15) is 9.59 Å². The highest BCUT2D eigenvalue weighted by molar-refractivity contribution is 9.10. The van der Waals surface area contributed by atoms with Gasteiger partial charge in [0.05, 0.1) is 5.92 Å². The second-order valence-corrected chi connectivity index (χ2v) is 8.92. The molecule has 4 aromatic carbocycles. The number of carbonyl (C=O) groups is 2. The first-order valence-corrected chi connectivity index (χ1v) is 11.5. The molecule has 164 valence electrons. The van der Waals surface area contributed by atoms with Gasteiger partial charge < -0.3 is 15.0 Å². The number of benzene rings is 4. The Bertz CT molecular complexity index is 1320. The minimum atomic E-state index is -0.394. The Hall–Kier alpha value is -3.64. The highest BCUT2D eigenvalue weighted by Crippen LogP contribution is 2.29. The molecule has 0 bridgehead atoms. The first-order valence-electron chi connectivity index (χ1n) is 10.7. The second-order valence-electron chi connectivity index (χ2n) is 8.01. The molecule has 0 aliphatic carbocycles. The number of hydrogen-bond donors (Lipinski definition) is 1. The summed E-state index contributed by atoms with van der Waals surface area (Å²) in [5, 5.41) is 5.19. The molecule has 1 aliphatic heterocycles. The predicted molar refractivity (Wildman–Crippen MR) is 134 cm³/mol. The van der Waals surface area contributed by atoms with E-state index in [-0.39, 0.29) is 18.2 Å². The van der Waals surface area contributed by atoms with Crippen molar-refractivity contribution >= 4 is 49.9 Å². The summed E-state index contributed by atoms with van der Waals surface area (Å²) in [6.45, 7) is 0.370. The quantitative estimate of drug-likeness (QED) is 0.345. The lowest BCUT2D eigenvalue weighted by molar-refractivity contribution is -0.122. The van der Waals surface area contributed by atoms with Crippen LogP contribution in [0.4, 0.5) is 11.4 Å². The number of amides is 2. The fourth-order valence-electron chi connectivity index (χ4n) is 3.97. The highest BCUT2D eigenvalue weighted by Gasteiger charge is 2.35. The molecule has 0 saturated carbocycles. The van der Waals surface area contributed by atoms with Gasteiger partial charge in [0.15, 0.2) is 0 Å². The van der Waals surface area contributed by atoms with E-state index in [0.29, 0.717) is 18.0 Å². The third kappa shape index (κ3) is 4.76. The molecular weight excluding hydrogens is 480 g/mol. The lowest BCUT2D eigenvalue weighted by Crippen LogP contribution is -2.28. The van der Waals surface area contributed by atoms with Crippen molar-refractivity contribution in [3.63, 3.8) is 0 Å². The Labute approximate surface area is 200 Å². The molecule has 1 saturated heterocycles. The van der Waals surface area contributed by atoms with Gasteiger partial charge in [-0.05, 0) is 71.4 Å².